The van der Waals surface area contributed by atoms with Crippen LogP contribution in [0.4, 0.5) is 43.9 Å². The van der Waals surface area contributed by atoms with Crippen LogP contribution >= 0.6 is 0 Å². The number of aliphatic hydroxyl groups is 2. The van der Waals surface area contributed by atoms with E-state index >= 15 is 0 Å². The number of halogens is 10. The highest BCUT2D eigenvalue weighted by Crippen LogP contribution is 2.54. The molecule has 2 aromatic carbocycles. The van der Waals surface area contributed by atoms with E-state index in [1.165, 1.54) is 24.3 Å². The lowest BCUT2D eigenvalue weighted by Crippen LogP contribution is -2.55. The molecule has 44 heavy (non-hydrogen) atoms. The van der Waals surface area contributed by atoms with Crippen molar-refractivity contribution in [2.75, 3.05) is 26.7 Å². The van der Waals surface area contributed by atoms with Crippen LogP contribution in [0, 0.1) is 23.5 Å². The normalized spacial score (nSPS) is 29.7. The summed E-state index contributed by atoms with van der Waals surface area (Å²) in [6.45, 7) is -5.78. The summed E-state index contributed by atoms with van der Waals surface area (Å²) in [4.78, 5) is 0. The third-order valence-corrected chi connectivity index (χ3v) is 8.33. The van der Waals surface area contributed by atoms with E-state index < -0.39 is 110 Å². The highest BCUT2D eigenvalue weighted by molar-refractivity contribution is 5.31. The lowest BCUT2D eigenvalue weighted by atomic mass is 9.72. The molecule has 0 aliphatic heterocycles. The molecule has 0 saturated heterocycles. The maximum atomic E-state index is 13.9. The van der Waals surface area contributed by atoms with Crippen molar-refractivity contribution in [1.82, 2.24) is 0 Å². The Kier molecular flexibility index (Phi) is 12.5. The molecular weight excluding hydrogens is 610 g/mol. The highest BCUT2D eigenvalue weighted by atomic mass is 19.3. The summed E-state index contributed by atoms with van der Waals surface area (Å²) in [5.74, 6) is -11.8. The largest absolute Gasteiger partial charge is 0.387 e. The fourth-order valence-electron chi connectivity index (χ4n) is 6.25. The van der Waals surface area contributed by atoms with Crippen LogP contribution in [0.2, 0.25) is 0 Å². The topological polar surface area (TPSA) is 92.5 Å². The van der Waals surface area contributed by atoms with Gasteiger partial charge >= 0.3 is 0 Å². The van der Waals surface area contributed by atoms with Crippen molar-refractivity contribution >= 4 is 0 Å². The van der Waals surface area contributed by atoms with Crippen LogP contribution in [0.1, 0.15) is 51.7 Å². The summed E-state index contributed by atoms with van der Waals surface area (Å²) in [5, 5.41) is 20.2. The summed E-state index contributed by atoms with van der Waals surface area (Å²) in [5.41, 5.74) is 1.56. The molecule has 2 aromatic rings. The Labute approximate surface area is 250 Å². The lowest BCUT2D eigenvalue weighted by Gasteiger charge is -2.40. The summed E-state index contributed by atoms with van der Waals surface area (Å²) < 4.78 is 135. The maximum Gasteiger partial charge on any atom is 0.251 e. The van der Waals surface area contributed by atoms with Gasteiger partial charge in [-0.1, -0.05) is 51.3 Å². The predicted molar refractivity (Wildman–Crippen MR) is 147 cm³/mol. The van der Waals surface area contributed by atoms with Crippen LogP contribution in [0.25, 0.3) is 0 Å². The van der Waals surface area contributed by atoms with Gasteiger partial charge in [-0.3, -0.25) is 0 Å². The summed E-state index contributed by atoms with van der Waals surface area (Å²) >= 11 is 0. The van der Waals surface area contributed by atoms with Gasteiger partial charge < -0.3 is 21.7 Å². The summed E-state index contributed by atoms with van der Waals surface area (Å²) in [6.07, 6.45) is -4.31. The van der Waals surface area contributed by atoms with Crippen molar-refractivity contribution in [2.45, 2.75) is 74.7 Å². The number of hydrogen-bond donors (Lipinski definition) is 4. The molecule has 0 spiro atoms. The molecular formula is C30H40F10N2O2. The number of benzene rings is 2. The van der Waals surface area contributed by atoms with Gasteiger partial charge in [-0.05, 0) is 12.1 Å². The Morgan fingerprint density at radius 2 is 0.932 bits per heavy atom. The Hall–Kier alpha value is -2.42. The van der Waals surface area contributed by atoms with Crippen molar-refractivity contribution in [3.8, 4) is 0 Å². The number of alkyl halides is 8. The zero-order chi connectivity index (χ0) is 31.8. The van der Waals surface area contributed by atoms with E-state index in [9.17, 15) is 54.1 Å². The van der Waals surface area contributed by atoms with E-state index in [4.69, 9.17) is 11.5 Å². The average molecular weight is 651 g/mol. The first kappa shape index (κ1) is 39.6. The Balaban J connectivity index is 0.000000421. The minimum atomic E-state index is -3.38. The molecule has 14 heteroatoms. The Morgan fingerprint density at radius 1 is 0.636 bits per heavy atom. The number of nitrogens with two attached hydrogens (primary N) is 2. The second-order valence-electron chi connectivity index (χ2n) is 11.4. The van der Waals surface area contributed by atoms with Crippen molar-refractivity contribution < 1.29 is 54.1 Å². The third kappa shape index (κ3) is 7.34. The highest BCUT2D eigenvalue weighted by Gasteiger charge is 2.63. The van der Waals surface area contributed by atoms with Crippen molar-refractivity contribution in [2.24, 2.45) is 23.3 Å². The molecule has 0 unspecified atom stereocenters. The summed E-state index contributed by atoms with van der Waals surface area (Å²) in [6, 6.07) is 9.75. The molecule has 2 aliphatic carbocycles. The van der Waals surface area contributed by atoms with E-state index in [-0.39, 0.29) is 26.0 Å². The van der Waals surface area contributed by atoms with E-state index in [1.54, 1.807) is 0 Å². The van der Waals surface area contributed by atoms with Crippen LogP contribution in [-0.2, 0) is 11.1 Å². The SMILES string of the molecule is C.C.N[C@@](CF)(c1ccccc1F)[C@@H]1CC(F)(F)C[C@@]1(O)CF.N[C@](CF)(c1ccccc1F)[C@H]1CC(F)(F)C[C@]1(O)CF. The molecule has 2 saturated carbocycles. The van der Waals surface area contributed by atoms with Gasteiger partial charge in [0, 0.05) is 48.6 Å². The maximum absolute atomic E-state index is 13.9. The molecule has 252 valence electrons. The van der Waals surface area contributed by atoms with Crippen molar-refractivity contribution in [3.05, 3.63) is 71.3 Å². The molecule has 2 aliphatic rings. The number of hydrogen-bond acceptors (Lipinski definition) is 4. The van der Waals surface area contributed by atoms with Crippen LogP contribution in [-0.4, -0.2) is 60.0 Å². The van der Waals surface area contributed by atoms with Gasteiger partial charge in [-0.25, -0.2) is 43.9 Å². The minimum absolute atomic E-state index is 0. The van der Waals surface area contributed by atoms with Crippen molar-refractivity contribution in [3.63, 3.8) is 0 Å². The fraction of sp³-hybridized carbons (Fsp3) is 0.600. The smallest absolute Gasteiger partial charge is 0.251 e. The predicted octanol–water partition coefficient (Wildman–Crippen LogP) is 6.66. The first-order valence-corrected chi connectivity index (χ1v) is 12.9. The molecule has 4 nitrogen and oxygen atoms in total. The first-order chi connectivity index (χ1) is 19.4. The zero-order valence-corrected chi connectivity index (χ0v) is 22.3. The van der Waals surface area contributed by atoms with Gasteiger partial charge in [0.15, 0.2) is 0 Å². The van der Waals surface area contributed by atoms with Crippen molar-refractivity contribution in [1.29, 1.82) is 0 Å². The van der Waals surface area contributed by atoms with Crippen LogP contribution < -0.4 is 11.5 Å². The van der Waals surface area contributed by atoms with Gasteiger partial charge in [0.1, 0.15) is 49.5 Å². The van der Waals surface area contributed by atoms with Crippen LogP contribution in [0.5, 0.6) is 0 Å². The van der Waals surface area contributed by atoms with Gasteiger partial charge in [-0.2, -0.15) is 0 Å². The molecule has 0 bridgehead atoms. The Bertz CT molecular complexity index is 1150. The minimum Gasteiger partial charge on any atom is -0.387 e. The molecule has 0 heterocycles. The molecule has 6 N–H and O–H groups in total. The molecule has 6 atom stereocenters. The monoisotopic (exact) mass is 650 g/mol. The fourth-order valence-corrected chi connectivity index (χ4v) is 6.25. The molecule has 0 aromatic heterocycles. The molecule has 0 amide bonds. The standard InChI is InChI=1S/2C14H16F5NO.2CH4/c2*15-7-12(21)6-13(18,19)5-11(12)14(20,8-16)9-3-1-2-4-10(9)17;;/h2*1-4,11,21H,5-8,20H2;2*1H4/t2*11-,12-,14+;;/m10../s1. The first-order valence-electron chi connectivity index (χ1n) is 12.9. The molecule has 2 fully saturated rings. The van der Waals surface area contributed by atoms with Gasteiger partial charge in [0.05, 0.1) is 11.1 Å². The van der Waals surface area contributed by atoms with Gasteiger partial charge in [-0.15, -0.1) is 0 Å². The van der Waals surface area contributed by atoms with E-state index in [1.807, 2.05) is 0 Å². The number of rotatable bonds is 8. The third-order valence-electron chi connectivity index (χ3n) is 8.33. The van der Waals surface area contributed by atoms with E-state index in [0.29, 0.717) is 0 Å². The second-order valence-corrected chi connectivity index (χ2v) is 11.4. The van der Waals surface area contributed by atoms with Crippen LogP contribution in [0.3, 0.4) is 0 Å². The van der Waals surface area contributed by atoms with E-state index in [0.717, 1.165) is 24.3 Å². The molecule has 0 radical (unpaired) electrons. The summed E-state index contributed by atoms with van der Waals surface area (Å²) in [7, 11) is 0. The average Bonchev–Trinajstić information content (AvgIpc) is 3.36. The van der Waals surface area contributed by atoms with E-state index in [2.05, 4.69) is 0 Å². The Morgan fingerprint density at radius 3 is 1.18 bits per heavy atom. The van der Waals surface area contributed by atoms with Gasteiger partial charge in [0.2, 0.25) is 0 Å². The quantitative estimate of drug-likeness (QED) is 0.241. The molecule has 4 rings (SSSR count). The second kappa shape index (κ2) is 13.9. The zero-order valence-electron chi connectivity index (χ0n) is 22.3. The van der Waals surface area contributed by atoms with Crippen LogP contribution in [0.15, 0.2) is 48.5 Å². The lowest BCUT2D eigenvalue weighted by molar-refractivity contribution is -0.0659. The van der Waals surface area contributed by atoms with Gasteiger partial charge in [0.25, 0.3) is 11.8 Å².